The Bertz CT molecular complexity index is 635. The average Bonchev–Trinajstić information content (AvgIpc) is 2.40. The van der Waals surface area contributed by atoms with Crippen molar-refractivity contribution in [1.82, 2.24) is 9.97 Å². The number of anilines is 2. The third kappa shape index (κ3) is 2.08. The maximum Gasteiger partial charge on any atom is 0.131 e. The molecule has 3 aromatic rings. The summed E-state index contributed by atoms with van der Waals surface area (Å²) in [6.45, 7) is 0. The van der Waals surface area contributed by atoms with Gasteiger partial charge in [-0.3, -0.25) is 4.98 Å². The monoisotopic (exact) mass is 221 g/mol. The molecule has 3 heteroatoms. The molecule has 0 radical (unpaired) electrons. The summed E-state index contributed by atoms with van der Waals surface area (Å²) in [6, 6.07) is 17.7. The van der Waals surface area contributed by atoms with Gasteiger partial charge in [-0.15, -0.1) is 0 Å². The van der Waals surface area contributed by atoms with Gasteiger partial charge in [0.25, 0.3) is 0 Å². The molecule has 0 saturated heterocycles. The highest BCUT2D eigenvalue weighted by atomic mass is 15.0. The van der Waals surface area contributed by atoms with Gasteiger partial charge in [0.1, 0.15) is 5.82 Å². The van der Waals surface area contributed by atoms with E-state index in [1.54, 1.807) is 6.20 Å². The number of nitrogens with one attached hydrogen (secondary N) is 1. The van der Waals surface area contributed by atoms with Crippen molar-refractivity contribution >= 4 is 22.5 Å². The van der Waals surface area contributed by atoms with E-state index in [-0.39, 0.29) is 0 Å². The summed E-state index contributed by atoms with van der Waals surface area (Å²) in [5.41, 5.74) is 2.84. The van der Waals surface area contributed by atoms with Crippen molar-refractivity contribution in [3.05, 3.63) is 60.8 Å². The molecule has 0 fully saturated rings. The topological polar surface area (TPSA) is 37.8 Å². The molecule has 0 unspecified atom stereocenters. The van der Waals surface area contributed by atoms with Crippen LogP contribution in [-0.2, 0) is 0 Å². The molecule has 17 heavy (non-hydrogen) atoms. The van der Waals surface area contributed by atoms with Crippen LogP contribution in [0.15, 0.2) is 60.8 Å². The van der Waals surface area contributed by atoms with Crippen LogP contribution in [-0.4, -0.2) is 9.97 Å². The zero-order chi connectivity index (χ0) is 11.5. The number of fused-ring (bicyclic) bond motifs is 1. The minimum Gasteiger partial charge on any atom is -0.340 e. The number of benzene rings is 1. The fourth-order valence-electron chi connectivity index (χ4n) is 1.70. The van der Waals surface area contributed by atoms with Gasteiger partial charge in [0.05, 0.1) is 11.0 Å². The third-order valence-corrected chi connectivity index (χ3v) is 2.50. The van der Waals surface area contributed by atoms with Gasteiger partial charge in [-0.25, -0.2) is 4.98 Å². The van der Waals surface area contributed by atoms with E-state index < -0.39 is 0 Å². The van der Waals surface area contributed by atoms with Gasteiger partial charge in [0.2, 0.25) is 0 Å². The van der Waals surface area contributed by atoms with Crippen LogP contribution < -0.4 is 5.32 Å². The minimum absolute atomic E-state index is 0.830. The summed E-state index contributed by atoms with van der Waals surface area (Å²) in [7, 11) is 0. The second-order valence-corrected chi connectivity index (χ2v) is 3.73. The fraction of sp³-hybridized carbons (Fsp3) is 0. The van der Waals surface area contributed by atoms with Crippen molar-refractivity contribution in [2.45, 2.75) is 0 Å². The van der Waals surface area contributed by atoms with Crippen LogP contribution >= 0.6 is 0 Å². The number of para-hydroxylation sites is 1. The van der Waals surface area contributed by atoms with E-state index in [2.05, 4.69) is 15.3 Å². The van der Waals surface area contributed by atoms with Gasteiger partial charge in [-0.2, -0.15) is 0 Å². The number of hydrogen-bond acceptors (Lipinski definition) is 3. The Morgan fingerprint density at radius 1 is 0.765 bits per heavy atom. The minimum atomic E-state index is 0.830. The summed E-state index contributed by atoms with van der Waals surface area (Å²) in [5.74, 6) is 0.830. The van der Waals surface area contributed by atoms with Crippen LogP contribution in [0.5, 0.6) is 0 Å². The van der Waals surface area contributed by atoms with Crippen molar-refractivity contribution in [1.29, 1.82) is 0 Å². The average molecular weight is 221 g/mol. The Morgan fingerprint density at radius 3 is 2.53 bits per heavy atom. The van der Waals surface area contributed by atoms with Gasteiger partial charge in [0, 0.05) is 11.9 Å². The van der Waals surface area contributed by atoms with Gasteiger partial charge in [0.15, 0.2) is 0 Å². The predicted molar refractivity (Wildman–Crippen MR) is 69.3 cm³/mol. The zero-order valence-corrected chi connectivity index (χ0v) is 9.17. The van der Waals surface area contributed by atoms with Gasteiger partial charge < -0.3 is 5.32 Å². The number of aromatic nitrogens is 2. The van der Waals surface area contributed by atoms with E-state index in [0.717, 1.165) is 22.5 Å². The second kappa shape index (κ2) is 4.22. The lowest BCUT2D eigenvalue weighted by Gasteiger charge is -2.05. The lowest BCUT2D eigenvalue weighted by molar-refractivity contribution is 1.32. The second-order valence-electron chi connectivity index (χ2n) is 3.73. The molecule has 0 aliphatic rings. The van der Waals surface area contributed by atoms with E-state index in [1.165, 1.54) is 0 Å². The van der Waals surface area contributed by atoms with Crippen LogP contribution in [0, 0.1) is 0 Å². The van der Waals surface area contributed by atoms with Crippen LogP contribution in [0.4, 0.5) is 11.5 Å². The molecule has 0 spiro atoms. The number of pyridine rings is 2. The third-order valence-electron chi connectivity index (χ3n) is 2.50. The normalized spacial score (nSPS) is 10.4. The van der Waals surface area contributed by atoms with E-state index >= 15 is 0 Å². The molecule has 1 N–H and O–H groups in total. The van der Waals surface area contributed by atoms with Crippen LogP contribution in [0.3, 0.4) is 0 Å². The zero-order valence-electron chi connectivity index (χ0n) is 9.17. The standard InChI is InChI=1S/C14H11N3/c1-2-5-11(6-3-1)16-14-9-8-12-13(17-14)7-4-10-15-12/h1-10H,(H,16,17). The molecule has 2 aromatic heterocycles. The summed E-state index contributed by atoms with van der Waals surface area (Å²) < 4.78 is 0. The Labute approximate surface area is 99.2 Å². The van der Waals surface area contributed by atoms with Gasteiger partial charge >= 0.3 is 0 Å². The molecular weight excluding hydrogens is 210 g/mol. The Hall–Kier alpha value is -2.42. The Balaban J connectivity index is 1.96. The van der Waals surface area contributed by atoms with Crippen LogP contribution in [0.25, 0.3) is 11.0 Å². The first-order valence-electron chi connectivity index (χ1n) is 5.46. The maximum atomic E-state index is 4.50. The molecular formula is C14H11N3. The lowest BCUT2D eigenvalue weighted by atomic mass is 10.3. The summed E-state index contributed by atoms with van der Waals surface area (Å²) >= 11 is 0. The Kier molecular flexibility index (Phi) is 2.43. The molecule has 0 atom stereocenters. The quantitative estimate of drug-likeness (QED) is 0.721. The molecule has 2 heterocycles. The molecule has 0 amide bonds. The highest BCUT2D eigenvalue weighted by Crippen LogP contribution is 2.16. The van der Waals surface area contributed by atoms with E-state index in [9.17, 15) is 0 Å². The number of rotatable bonds is 2. The smallest absolute Gasteiger partial charge is 0.131 e. The van der Waals surface area contributed by atoms with Crippen molar-refractivity contribution in [2.75, 3.05) is 5.32 Å². The lowest BCUT2D eigenvalue weighted by Crippen LogP contribution is -1.93. The predicted octanol–water partition coefficient (Wildman–Crippen LogP) is 3.37. The van der Waals surface area contributed by atoms with Crippen molar-refractivity contribution in [2.24, 2.45) is 0 Å². The molecule has 0 aliphatic heterocycles. The molecule has 0 saturated carbocycles. The maximum absolute atomic E-state index is 4.50. The van der Waals surface area contributed by atoms with E-state index in [0.29, 0.717) is 0 Å². The Morgan fingerprint density at radius 2 is 1.65 bits per heavy atom. The van der Waals surface area contributed by atoms with Gasteiger partial charge in [-0.05, 0) is 36.4 Å². The first-order chi connectivity index (χ1) is 8.42. The molecule has 3 nitrogen and oxygen atoms in total. The largest absolute Gasteiger partial charge is 0.340 e. The van der Waals surface area contributed by atoms with E-state index in [1.807, 2.05) is 54.6 Å². The number of hydrogen-bond donors (Lipinski definition) is 1. The summed E-state index contributed by atoms with van der Waals surface area (Å²) in [5, 5.41) is 3.26. The first-order valence-corrected chi connectivity index (χ1v) is 5.46. The summed E-state index contributed by atoms with van der Waals surface area (Å²) in [4.78, 5) is 8.74. The highest BCUT2D eigenvalue weighted by molar-refractivity contribution is 5.76. The van der Waals surface area contributed by atoms with Gasteiger partial charge in [-0.1, -0.05) is 18.2 Å². The van der Waals surface area contributed by atoms with Crippen molar-refractivity contribution < 1.29 is 0 Å². The molecule has 0 bridgehead atoms. The summed E-state index contributed by atoms with van der Waals surface area (Å²) in [6.07, 6.45) is 1.77. The SMILES string of the molecule is c1ccc(Nc2ccc3ncccc3n2)cc1. The highest BCUT2D eigenvalue weighted by Gasteiger charge is 1.98. The van der Waals surface area contributed by atoms with Crippen LogP contribution in [0.1, 0.15) is 0 Å². The van der Waals surface area contributed by atoms with Crippen molar-refractivity contribution in [3.8, 4) is 0 Å². The number of nitrogens with zero attached hydrogens (tertiary/aromatic N) is 2. The first kappa shape index (κ1) is 9.78. The molecule has 3 rings (SSSR count). The van der Waals surface area contributed by atoms with Crippen molar-refractivity contribution in [3.63, 3.8) is 0 Å². The van der Waals surface area contributed by atoms with Crippen LogP contribution in [0.2, 0.25) is 0 Å². The molecule has 1 aromatic carbocycles. The molecule has 82 valence electrons. The molecule has 0 aliphatic carbocycles. The van der Waals surface area contributed by atoms with E-state index in [4.69, 9.17) is 0 Å². The fourth-order valence-corrected chi connectivity index (χ4v) is 1.70.